The molecule has 7 heteroatoms. The number of hydrogen-bond acceptors (Lipinski definition) is 5. The zero-order valence-corrected chi connectivity index (χ0v) is 14.3. The second-order valence-electron chi connectivity index (χ2n) is 6.75. The van der Waals surface area contributed by atoms with Crippen molar-refractivity contribution >= 4 is 11.5 Å². The highest BCUT2D eigenvalue weighted by atomic mass is 19.1. The average molecular weight is 341 g/mol. The summed E-state index contributed by atoms with van der Waals surface area (Å²) in [6.07, 6.45) is 2.13. The Hall–Kier alpha value is -2.54. The number of aromatic nitrogens is 4. The molecule has 3 aromatic rings. The number of fused-ring (bicyclic) bond motifs is 1. The lowest BCUT2D eigenvalue weighted by atomic mass is 10.0. The predicted octanol–water partition coefficient (Wildman–Crippen LogP) is 2.94. The van der Waals surface area contributed by atoms with Crippen LogP contribution in [0.3, 0.4) is 0 Å². The van der Waals surface area contributed by atoms with Gasteiger partial charge in [-0.1, -0.05) is 12.1 Å². The second kappa shape index (κ2) is 6.07. The molecule has 0 N–H and O–H groups in total. The Bertz CT molecular complexity index is 903. The van der Waals surface area contributed by atoms with Crippen LogP contribution in [0.5, 0.6) is 0 Å². The van der Waals surface area contributed by atoms with Gasteiger partial charge >= 0.3 is 0 Å². The van der Waals surface area contributed by atoms with Gasteiger partial charge in [0.05, 0.1) is 5.60 Å². The van der Waals surface area contributed by atoms with Gasteiger partial charge in [-0.25, -0.2) is 4.39 Å². The first-order chi connectivity index (χ1) is 12.0. The fraction of sp³-hybridized carbons (Fsp3) is 0.389. The molecule has 1 aliphatic heterocycles. The molecule has 1 saturated heterocycles. The van der Waals surface area contributed by atoms with Crippen LogP contribution in [-0.4, -0.2) is 45.6 Å². The zero-order valence-electron chi connectivity index (χ0n) is 14.3. The largest absolute Gasteiger partial charge is 0.373 e. The van der Waals surface area contributed by atoms with Crippen molar-refractivity contribution in [3.63, 3.8) is 0 Å². The minimum Gasteiger partial charge on any atom is -0.373 e. The van der Waals surface area contributed by atoms with Crippen molar-refractivity contribution in [2.75, 3.05) is 25.1 Å². The molecule has 4 rings (SSSR count). The van der Waals surface area contributed by atoms with Crippen LogP contribution in [0.1, 0.15) is 19.8 Å². The third kappa shape index (κ3) is 3.07. The van der Waals surface area contributed by atoms with Crippen LogP contribution in [0.2, 0.25) is 0 Å². The molecule has 0 saturated carbocycles. The molecule has 0 spiro atoms. The highest BCUT2D eigenvalue weighted by molar-refractivity contribution is 5.59. The standard InChI is InChI=1S/C18H20FN5O/c1-18(9-4-10-25-18)12-23(2)16-8-7-15-20-21-17(24(15)22-16)13-5-3-6-14(19)11-13/h3,5-8,11H,4,9-10,12H2,1-2H3. The molecule has 2 aromatic heterocycles. The number of hydrogen-bond donors (Lipinski definition) is 0. The maximum Gasteiger partial charge on any atom is 0.185 e. The Morgan fingerprint density at radius 2 is 2.16 bits per heavy atom. The lowest BCUT2D eigenvalue weighted by molar-refractivity contribution is 0.0271. The van der Waals surface area contributed by atoms with E-state index in [4.69, 9.17) is 4.74 Å². The highest BCUT2D eigenvalue weighted by Crippen LogP contribution is 2.27. The van der Waals surface area contributed by atoms with Crippen LogP contribution in [0, 0.1) is 5.82 Å². The van der Waals surface area contributed by atoms with Gasteiger partial charge in [0.2, 0.25) is 0 Å². The number of rotatable bonds is 4. The summed E-state index contributed by atoms with van der Waals surface area (Å²) in [7, 11) is 1.99. The van der Waals surface area contributed by atoms with Crippen LogP contribution in [0.15, 0.2) is 36.4 Å². The van der Waals surface area contributed by atoms with E-state index in [1.165, 1.54) is 12.1 Å². The van der Waals surface area contributed by atoms with Gasteiger partial charge in [-0.15, -0.1) is 15.3 Å². The number of likely N-dealkylation sites (N-methyl/N-ethyl adjacent to an activating group) is 1. The van der Waals surface area contributed by atoms with Gasteiger partial charge < -0.3 is 9.64 Å². The summed E-state index contributed by atoms with van der Waals surface area (Å²) >= 11 is 0. The molecule has 1 aliphatic rings. The number of anilines is 1. The highest BCUT2D eigenvalue weighted by Gasteiger charge is 2.31. The predicted molar refractivity (Wildman–Crippen MR) is 93.0 cm³/mol. The Morgan fingerprint density at radius 3 is 2.92 bits per heavy atom. The summed E-state index contributed by atoms with van der Waals surface area (Å²) in [5.41, 5.74) is 1.12. The van der Waals surface area contributed by atoms with Gasteiger partial charge in [0.15, 0.2) is 11.5 Å². The summed E-state index contributed by atoms with van der Waals surface area (Å²) in [4.78, 5) is 2.07. The van der Waals surface area contributed by atoms with Crippen LogP contribution in [0.4, 0.5) is 10.2 Å². The van der Waals surface area contributed by atoms with Gasteiger partial charge in [0.25, 0.3) is 0 Å². The van der Waals surface area contributed by atoms with Gasteiger partial charge in [-0.05, 0) is 44.0 Å². The first kappa shape index (κ1) is 16.0. The molecule has 6 nitrogen and oxygen atoms in total. The van der Waals surface area contributed by atoms with Gasteiger partial charge in [-0.3, -0.25) is 0 Å². The Kier molecular flexibility index (Phi) is 3.88. The monoisotopic (exact) mass is 341 g/mol. The number of benzene rings is 1. The molecule has 1 aromatic carbocycles. The van der Waals surface area contributed by atoms with E-state index in [1.807, 2.05) is 19.2 Å². The van der Waals surface area contributed by atoms with E-state index in [1.54, 1.807) is 16.6 Å². The van der Waals surface area contributed by atoms with Gasteiger partial charge in [0, 0.05) is 25.8 Å². The molecule has 1 unspecified atom stereocenters. The molecule has 3 heterocycles. The van der Waals surface area contributed by atoms with Crippen LogP contribution in [-0.2, 0) is 4.74 Å². The molecule has 0 amide bonds. The van der Waals surface area contributed by atoms with E-state index < -0.39 is 0 Å². The smallest absolute Gasteiger partial charge is 0.185 e. The summed E-state index contributed by atoms with van der Waals surface area (Å²) in [5, 5.41) is 12.9. The lowest BCUT2D eigenvalue weighted by Gasteiger charge is -2.29. The van der Waals surface area contributed by atoms with Crippen molar-refractivity contribution in [2.45, 2.75) is 25.4 Å². The summed E-state index contributed by atoms with van der Waals surface area (Å²) in [6.45, 7) is 3.70. The maximum absolute atomic E-state index is 13.5. The number of halogens is 1. The lowest BCUT2D eigenvalue weighted by Crippen LogP contribution is -2.39. The second-order valence-corrected chi connectivity index (χ2v) is 6.75. The van der Waals surface area contributed by atoms with E-state index in [2.05, 4.69) is 27.1 Å². The van der Waals surface area contributed by atoms with E-state index >= 15 is 0 Å². The number of ether oxygens (including phenoxy) is 1. The van der Waals surface area contributed by atoms with Crippen molar-refractivity contribution in [3.05, 3.63) is 42.2 Å². The van der Waals surface area contributed by atoms with Crippen molar-refractivity contribution in [2.24, 2.45) is 0 Å². The van der Waals surface area contributed by atoms with E-state index in [0.29, 0.717) is 17.0 Å². The molecule has 25 heavy (non-hydrogen) atoms. The third-order valence-electron chi connectivity index (χ3n) is 4.59. The zero-order chi connectivity index (χ0) is 17.4. The molecular formula is C18H20FN5O. The van der Waals surface area contributed by atoms with E-state index in [-0.39, 0.29) is 11.4 Å². The summed E-state index contributed by atoms with van der Waals surface area (Å²) in [6, 6.07) is 10.1. The molecule has 130 valence electrons. The molecule has 1 fully saturated rings. The fourth-order valence-electron chi connectivity index (χ4n) is 3.33. The molecule has 0 radical (unpaired) electrons. The van der Waals surface area contributed by atoms with Crippen molar-refractivity contribution < 1.29 is 9.13 Å². The third-order valence-corrected chi connectivity index (χ3v) is 4.59. The van der Waals surface area contributed by atoms with Crippen LogP contribution < -0.4 is 4.90 Å². The van der Waals surface area contributed by atoms with Crippen molar-refractivity contribution in [1.82, 2.24) is 19.8 Å². The molecule has 1 atom stereocenters. The molecule has 0 aliphatic carbocycles. The topological polar surface area (TPSA) is 55.5 Å². The van der Waals surface area contributed by atoms with Gasteiger partial charge in [0.1, 0.15) is 11.6 Å². The average Bonchev–Trinajstić information content (AvgIpc) is 3.20. The number of nitrogens with zero attached hydrogens (tertiary/aromatic N) is 5. The fourth-order valence-corrected chi connectivity index (χ4v) is 3.33. The SMILES string of the molecule is CN(CC1(C)CCCO1)c1ccc2nnc(-c3cccc(F)c3)n2n1. The van der Waals surface area contributed by atoms with Crippen molar-refractivity contribution in [3.8, 4) is 11.4 Å². The quantitative estimate of drug-likeness (QED) is 0.730. The first-order valence-corrected chi connectivity index (χ1v) is 8.38. The Balaban J connectivity index is 1.68. The normalized spacial score (nSPS) is 20.3. The van der Waals surface area contributed by atoms with Crippen LogP contribution in [0.25, 0.3) is 17.0 Å². The molecule has 0 bridgehead atoms. The maximum atomic E-state index is 13.5. The summed E-state index contributed by atoms with van der Waals surface area (Å²) < 4.78 is 21.1. The van der Waals surface area contributed by atoms with Crippen LogP contribution >= 0.6 is 0 Å². The first-order valence-electron chi connectivity index (χ1n) is 8.38. The minimum absolute atomic E-state index is 0.149. The summed E-state index contributed by atoms with van der Waals surface area (Å²) in [5.74, 6) is 1.00. The minimum atomic E-state index is -0.311. The van der Waals surface area contributed by atoms with Gasteiger partial charge in [-0.2, -0.15) is 4.52 Å². The molecular weight excluding hydrogens is 321 g/mol. The Labute approximate surface area is 145 Å². The van der Waals surface area contributed by atoms with E-state index in [9.17, 15) is 4.39 Å². The van der Waals surface area contributed by atoms with E-state index in [0.717, 1.165) is 31.8 Å². The Morgan fingerprint density at radius 1 is 1.28 bits per heavy atom. The van der Waals surface area contributed by atoms with Crippen molar-refractivity contribution in [1.29, 1.82) is 0 Å².